The zero-order chi connectivity index (χ0) is 42.5. The molecule has 0 fully saturated rings. The van der Waals surface area contributed by atoms with Gasteiger partial charge in [0.2, 0.25) is 35.4 Å². The Kier molecular flexibility index (Phi) is 17.0. The Morgan fingerprint density at radius 3 is 1.89 bits per heavy atom. The lowest BCUT2D eigenvalue weighted by Crippen LogP contribution is -2.60. The summed E-state index contributed by atoms with van der Waals surface area (Å²) in [6.07, 6.45) is -1.40. The first-order valence-electron chi connectivity index (χ1n) is 18.1. The summed E-state index contributed by atoms with van der Waals surface area (Å²) in [4.78, 5) is 107. The predicted molar refractivity (Wildman–Crippen MR) is 203 cm³/mol. The fourth-order valence-corrected chi connectivity index (χ4v) is 5.19. The summed E-state index contributed by atoms with van der Waals surface area (Å²) in [7, 11) is 0. The molecule has 1 heterocycles. The van der Waals surface area contributed by atoms with Gasteiger partial charge in [0.25, 0.3) is 0 Å². The number of benzene rings is 1. The van der Waals surface area contributed by atoms with E-state index in [1.165, 1.54) is 13.8 Å². The highest BCUT2D eigenvalue weighted by Crippen LogP contribution is 2.19. The number of carbonyl (C=O) groups is 8. The van der Waals surface area contributed by atoms with Crippen LogP contribution < -0.4 is 38.1 Å². The summed E-state index contributed by atoms with van der Waals surface area (Å²) in [5.41, 5.74) is 10.7. The van der Waals surface area contributed by atoms with Gasteiger partial charge in [-0.3, -0.25) is 38.4 Å². The molecule has 2 rings (SSSR count). The van der Waals surface area contributed by atoms with E-state index in [2.05, 4.69) is 31.6 Å². The molecule has 2 aromatic rings. The van der Waals surface area contributed by atoms with Crippen molar-refractivity contribution in [1.82, 2.24) is 31.6 Å². The number of hydrogen-bond acceptors (Lipinski definition) is 12. The highest BCUT2D eigenvalue weighted by Gasteiger charge is 2.35. The summed E-state index contributed by atoms with van der Waals surface area (Å²) in [6.45, 7) is 11.6. The standard InChI is InChI=1S/C37H56N8O11/c1-19(38)32(51)41-18-27(47)45-30(20(2)46)35(54)44-26(16-29(49)56-37(6,7)8)34(53)42-24(13-14-28(48)55-36(3,4)5)33(52)43-25(31(39)50)15-21-17-40-23-12-10-9-11-22(21)23/h9-12,17,19-20,24-26,30,40,46H,13-16,18,38H2,1-8H3,(H2,39,50)(H,41,51)(H,42,53)(H,43,52)(H,44,54)(H,45,47)/t19-,20+,24+,25-,26-,30-/m0/s1. The number of aromatic nitrogens is 1. The number of para-hydroxylation sites is 1. The first-order chi connectivity index (χ1) is 25.9. The Labute approximate surface area is 325 Å². The molecule has 0 aliphatic heterocycles. The van der Waals surface area contributed by atoms with E-state index in [-0.39, 0.29) is 19.3 Å². The van der Waals surface area contributed by atoms with Gasteiger partial charge in [0, 0.05) is 29.9 Å². The minimum absolute atomic E-state index is 0.0312. The second-order valence-corrected chi connectivity index (χ2v) is 15.4. The fourth-order valence-electron chi connectivity index (χ4n) is 5.19. The lowest BCUT2D eigenvalue weighted by atomic mass is 10.0. The van der Waals surface area contributed by atoms with Crippen molar-refractivity contribution in [1.29, 1.82) is 0 Å². The number of H-pyrrole nitrogens is 1. The third-order valence-corrected chi connectivity index (χ3v) is 7.79. The number of aliphatic hydroxyl groups is 1. The third-order valence-electron chi connectivity index (χ3n) is 7.79. The van der Waals surface area contributed by atoms with Crippen molar-refractivity contribution in [2.24, 2.45) is 11.5 Å². The van der Waals surface area contributed by atoms with Crippen LogP contribution in [0, 0.1) is 0 Å². The third kappa shape index (κ3) is 16.0. The lowest BCUT2D eigenvalue weighted by molar-refractivity contribution is -0.157. The molecule has 0 radical (unpaired) electrons. The topological polar surface area (TPSA) is 303 Å². The molecule has 19 heteroatoms. The first kappa shape index (κ1) is 46.6. The molecule has 0 saturated heterocycles. The summed E-state index contributed by atoms with van der Waals surface area (Å²) in [5, 5.41) is 23.0. The monoisotopic (exact) mass is 788 g/mol. The molecule has 1 aromatic carbocycles. The van der Waals surface area contributed by atoms with E-state index in [1.807, 2.05) is 18.2 Å². The molecule has 0 bridgehead atoms. The van der Waals surface area contributed by atoms with E-state index in [0.717, 1.165) is 10.9 Å². The molecule has 1 aromatic heterocycles. The van der Waals surface area contributed by atoms with Crippen molar-refractivity contribution in [3.8, 4) is 0 Å². The largest absolute Gasteiger partial charge is 0.460 e. The molecule has 0 aliphatic rings. The number of primary amides is 1. The number of rotatable bonds is 19. The van der Waals surface area contributed by atoms with Crippen LogP contribution in [0.5, 0.6) is 0 Å². The fraction of sp³-hybridized carbons (Fsp3) is 0.568. The Hall–Kier alpha value is -5.56. The van der Waals surface area contributed by atoms with Crippen molar-refractivity contribution in [3.63, 3.8) is 0 Å². The minimum Gasteiger partial charge on any atom is -0.460 e. The second-order valence-electron chi connectivity index (χ2n) is 15.4. The summed E-state index contributed by atoms with van der Waals surface area (Å²) >= 11 is 0. The van der Waals surface area contributed by atoms with E-state index in [1.54, 1.807) is 53.8 Å². The van der Waals surface area contributed by atoms with Gasteiger partial charge >= 0.3 is 11.9 Å². The number of aliphatic hydroxyl groups excluding tert-OH is 1. The molecule has 310 valence electrons. The predicted octanol–water partition coefficient (Wildman–Crippen LogP) is -1.17. The van der Waals surface area contributed by atoms with Crippen LogP contribution >= 0.6 is 0 Å². The number of aromatic amines is 1. The summed E-state index contributed by atoms with van der Waals surface area (Å²) < 4.78 is 10.7. The van der Waals surface area contributed by atoms with Crippen molar-refractivity contribution < 1.29 is 52.9 Å². The number of ether oxygens (including phenoxy) is 2. The molecular formula is C37H56N8O11. The van der Waals surface area contributed by atoms with Gasteiger partial charge < -0.3 is 57.6 Å². The zero-order valence-electron chi connectivity index (χ0n) is 33.1. The van der Waals surface area contributed by atoms with Crippen LogP contribution in [-0.4, -0.2) is 112 Å². The van der Waals surface area contributed by atoms with Crippen molar-refractivity contribution >= 4 is 58.3 Å². The number of nitrogens with one attached hydrogen (secondary N) is 6. The Morgan fingerprint density at radius 2 is 1.32 bits per heavy atom. The minimum atomic E-state index is -1.76. The molecule has 6 atom stereocenters. The Morgan fingerprint density at radius 1 is 0.768 bits per heavy atom. The van der Waals surface area contributed by atoms with Gasteiger partial charge in [0.15, 0.2) is 0 Å². The lowest BCUT2D eigenvalue weighted by Gasteiger charge is -2.27. The summed E-state index contributed by atoms with van der Waals surface area (Å²) in [5.74, 6) is -7.20. The molecule has 0 unspecified atom stereocenters. The molecule has 6 amide bonds. The highest BCUT2D eigenvalue weighted by atomic mass is 16.6. The second kappa shape index (κ2) is 20.4. The molecule has 11 N–H and O–H groups in total. The molecular weight excluding hydrogens is 732 g/mol. The van der Waals surface area contributed by atoms with Gasteiger partial charge in [0.1, 0.15) is 35.4 Å². The van der Waals surface area contributed by atoms with Crippen molar-refractivity contribution in [3.05, 3.63) is 36.0 Å². The van der Waals surface area contributed by atoms with Crippen LogP contribution in [0.4, 0.5) is 0 Å². The molecule has 56 heavy (non-hydrogen) atoms. The number of carbonyl (C=O) groups excluding carboxylic acids is 8. The maximum Gasteiger partial charge on any atom is 0.308 e. The number of esters is 2. The normalized spacial score (nSPS) is 14.8. The van der Waals surface area contributed by atoms with Crippen LogP contribution in [0.15, 0.2) is 30.5 Å². The zero-order valence-corrected chi connectivity index (χ0v) is 33.1. The number of nitrogens with two attached hydrogens (primary N) is 2. The van der Waals surface area contributed by atoms with E-state index in [0.29, 0.717) is 5.56 Å². The van der Waals surface area contributed by atoms with Crippen molar-refractivity contribution in [2.45, 2.75) is 129 Å². The number of amides is 6. The van der Waals surface area contributed by atoms with Gasteiger partial charge in [-0.25, -0.2) is 0 Å². The smallest absolute Gasteiger partial charge is 0.308 e. The number of fused-ring (bicyclic) bond motifs is 1. The van der Waals surface area contributed by atoms with Gasteiger partial charge in [-0.15, -0.1) is 0 Å². The van der Waals surface area contributed by atoms with Crippen LogP contribution in [-0.2, 0) is 54.3 Å². The Bertz CT molecular complexity index is 1740. The molecule has 19 nitrogen and oxygen atoms in total. The average Bonchev–Trinajstić information content (AvgIpc) is 3.47. The van der Waals surface area contributed by atoms with Gasteiger partial charge in [0.05, 0.1) is 25.1 Å². The molecule has 0 spiro atoms. The van der Waals surface area contributed by atoms with E-state index in [9.17, 15) is 43.5 Å². The highest BCUT2D eigenvalue weighted by molar-refractivity contribution is 5.98. The van der Waals surface area contributed by atoms with E-state index in [4.69, 9.17) is 20.9 Å². The van der Waals surface area contributed by atoms with Crippen LogP contribution in [0.2, 0.25) is 0 Å². The first-order valence-corrected chi connectivity index (χ1v) is 18.1. The molecule has 0 aliphatic carbocycles. The maximum absolute atomic E-state index is 13.9. The van der Waals surface area contributed by atoms with Gasteiger partial charge in [-0.2, -0.15) is 0 Å². The number of hydrogen-bond donors (Lipinski definition) is 9. The summed E-state index contributed by atoms with van der Waals surface area (Å²) in [6, 6.07) is 0.0720. The van der Waals surface area contributed by atoms with E-state index >= 15 is 0 Å². The van der Waals surface area contributed by atoms with Crippen LogP contribution in [0.1, 0.15) is 80.2 Å². The van der Waals surface area contributed by atoms with E-state index < -0.39 is 108 Å². The van der Waals surface area contributed by atoms with Gasteiger partial charge in [-0.1, -0.05) is 18.2 Å². The molecule has 0 saturated carbocycles. The maximum atomic E-state index is 13.9. The quantitative estimate of drug-likeness (QED) is 0.0762. The van der Waals surface area contributed by atoms with Gasteiger partial charge in [-0.05, 0) is 73.4 Å². The average molecular weight is 789 g/mol. The SMILES string of the molecule is C[C@H](N)C(=O)NCC(=O)N[C@H](C(=O)N[C@@H](CC(=O)OC(C)(C)C)C(=O)N[C@H](CCC(=O)OC(C)(C)C)C(=O)N[C@@H](Cc1c[nH]c2ccccc12)C(N)=O)[C@@H](C)O. The van der Waals surface area contributed by atoms with Crippen LogP contribution in [0.25, 0.3) is 10.9 Å². The van der Waals surface area contributed by atoms with Crippen LogP contribution in [0.3, 0.4) is 0 Å². The Balaban J connectivity index is 2.40. The van der Waals surface area contributed by atoms with Crippen molar-refractivity contribution in [2.75, 3.05) is 6.54 Å².